The van der Waals surface area contributed by atoms with Crippen LogP contribution < -0.4 is 4.90 Å². The van der Waals surface area contributed by atoms with E-state index in [-0.39, 0.29) is 0 Å². The number of furan rings is 2. The van der Waals surface area contributed by atoms with E-state index < -0.39 is 0 Å². The number of hydrogen-bond donors (Lipinski definition) is 0. The van der Waals surface area contributed by atoms with E-state index in [1.54, 1.807) is 0 Å². The van der Waals surface area contributed by atoms with Crippen LogP contribution in [0.2, 0.25) is 0 Å². The Kier molecular flexibility index (Phi) is 5.45. The molecule has 3 aromatic heterocycles. The van der Waals surface area contributed by atoms with Crippen LogP contribution in [0.3, 0.4) is 0 Å². The number of rotatable bonds is 4. The van der Waals surface area contributed by atoms with Crippen LogP contribution in [0.5, 0.6) is 0 Å². The topological polar surface area (TPSA) is 29.5 Å². The van der Waals surface area contributed by atoms with E-state index in [1.165, 1.54) is 25.9 Å². The lowest BCUT2D eigenvalue weighted by molar-refractivity contribution is 0.669. The number of anilines is 3. The third-order valence-corrected chi connectivity index (χ3v) is 10.3. The highest BCUT2D eigenvalue weighted by Gasteiger charge is 2.24. The normalized spacial score (nSPS) is 11.9. The highest BCUT2D eigenvalue weighted by atomic mass is 32.1. The lowest BCUT2D eigenvalue weighted by Gasteiger charge is -2.26. The van der Waals surface area contributed by atoms with Gasteiger partial charge in [0, 0.05) is 54.5 Å². The molecule has 10 aromatic rings. The highest BCUT2D eigenvalue weighted by Crippen LogP contribution is 2.50. The van der Waals surface area contributed by atoms with Crippen molar-refractivity contribution in [1.29, 1.82) is 0 Å². The smallest absolute Gasteiger partial charge is 0.144 e. The minimum Gasteiger partial charge on any atom is -0.456 e. The first-order chi connectivity index (χ1) is 22.8. The monoisotopic (exact) mass is 607 g/mol. The molecule has 4 heteroatoms. The minimum absolute atomic E-state index is 0.868. The van der Waals surface area contributed by atoms with Crippen LogP contribution in [0.4, 0.5) is 17.1 Å². The van der Waals surface area contributed by atoms with Crippen LogP contribution >= 0.6 is 11.3 Å². The van der Waals surface area contributed by atoms with Crippen LogP contribution in [0.25, 0.3) is 75.2 Å². The van der Waals surface area contributed by atoms with Crippen LogP contribution in [-0.2, 0) is 0 Å². The molecule has 0 amide bonds. The van der Waals surface area contributed by atoms with Gasteiger partial charge in [-0.15, -0.1) is 11.3 Å². The van der Waals surface area contributed by atoms with Crippen molar-refractivity contribution in [3.05, 3.63) is 152 Å². The van der Waals surface area contributed by atoms with Crippen LogP contribution in [0.15, 0.2) is 160 Å². The second-order valence-corrected chi connectivity index (χ2v) is 12.8. The molecule has 0 N–H and O–H groups in total. The van der Waals surface area contributed by atoms with E-state index in [2.05, 4.69) is 138 Å². The molecule has 7 aromatic carbocycles. The molecular formula is C42H25NO2S. The van der Waals surface area contributed by atoms with Gasteiger partial charge < -0.3 is 13.7 Å². The van der Waals surface area contributed by atoms with Crippen molar-refractivity contribution in [2.24, 2.45) is 0 Å². The van der Waals surface area contributed by atoms with Crippen molar-refractivity contribution >= 4 is 92.4 Å². The first-order valence-corrected chi connectivity index (χ1v) is 16.2. The fraction of sp³-hybridized carbons (Fsp3) is 0. The van der Waals surface area contributed by atoms with E-state index in [0.717, 1.165) is 66.3 Å². The summed E-state index contributed by atoms with van der Waals surface area (Å²) in [5, 5.41) is 6.82. The van der Waals surface area contributed by atoms with Gasteiger partial charge >= 0.3 is 0 Å². The molecular weight excluding hydrogens is 583 g/mol. The predicted molar refractivity (Wildman–Crippen MR) is 194 cm³/mol. The van der Waals surface area contributed by atoms with Gasteiger partial charge in [0.05, 0.1) is 10.4 Å². The number of fused-ring (bicyclic) bond motifs is 10. The van der Waals surface area contributed by atoms with Crippen LogP contribution in [0, 0.1) is 0 Å². The lowest BCUT2D eigenvalue weighted by atomic mass is 10.0. The third kappa shape index (κ3) is 3.77. The Morgan fingerprint density at radius 3 is 1.85 bits per heavy atom. The molecule has 0 atom stereocenters. The molecule has 0 aliphatic carbocycles. The molecule has 10 rings (SSSR count). The summed E-state index contributed by atoms with van der Waals surface area (Å²) in [7, 11) is 0. The highest BCUT2D eigenvalue weighted by molar-refractivity contribution is 7.26. The molecule has 3 heterocycles. The van der Waals surface area contributed by atoms with Gasteiger partial charge in [0.2, 0.25) is 0 Å². The second kappa shape index (κ2) is 9.83. The molecule has 3 nitrogen and oxygen atoms in total. The molecule has 0 saturated heterocycles. The number of thiophene rings is 1. The average Bonchev–Trinajstić information content (AvgIpc) is 3.80. The van der Waals surface area contributed by atoms with Gasteiger partial charge in [0.15, 0.2) is 0 Å². The number of nitrogens with zero attached hydrogens (tertiary/aromatic N) is 1. The van der Waals surface area contributed by atoms with Gasteiger partial charge in [-0.05, 0) is 59.7 Å². The first kappa shape index (κ1) is 25.5. The summed E-state index contributed by atoms with van der Waals surface area (Å²) in [5.41, 5.74) is 9.18. The summed E-state index contributed by atoms with van der Waals surface area (Å²) in [6.07, 6.45) is 0. The zero-order chi connectivity index (χ0) is 30.2. The Morgan fingerprint density at radius 1 is 0.435 bits per heavy atom. The van der Waals surface area contributed by atoms with Crippen molar-refractivity contribution in [3.8, 4) is 11.1 Å². The van der Waals surface area contributed by atoms with Gasteiger partial charge in [-0.1, -0.05) is 97.1 Å². The van der Waals surface area contributed by atoms with Gasteiger partial charge in [-0.25, -0.2) is 0 Å². The van der Waals surface area contributed by atoms with Crippen molar-refractivity contribution in [2.75, 3.05) is 4.90 Å². The standard InChI is InChI=1S/C42H25NO2S/c1-2-10-26(11-3-1)27-18-20-28(21-19-27)43(29-22-23-32-30-12-4-7-15-36(30)44-38(32)24-29)35-25-34-31-13-5-8-16-37(31)45-41(34)40-33-14-6-9-17-39(33)46-42(35)40/h1-25H. The maximum absolute atomic E-state index is 6.61. The Morgan fingerprint density at radius 2 is 1.04 bits per heavy atom. The van der Waals surface area contributed by atoms with E-state index in [1.807, 2.05) is 29.5 Å². The van der Waals surface area contributed by atoms with Gasteiger partial charge in [0.1, 0.15) is 22.3 Å². The number of para-hydroxylation sites is 2. The summed E-state index contributed by atoms with van der Waals surface area (Å²) in [5.74, 6) is 0. The Labute approximate surface area is 268 Å². The molecule has 0 spiro atoms. The average molecular weight is 608 g/mol. The van der Waals surface area contributed by atoms with Gasteiger partial charge in [-0.2, -0.15) is 0 Å². The molecule has 0 bridgehead atoms. The molecule has 0 aliphatic rings. The Bertz CT molecular complexity index is 2750. The Balaban J connectivity index is 1.29. The number of hydrogen-bond acceptors (Lipinski definition) is 4. The summed E-state index contributed by atoms with van der Waals surface area (Å²) >= 11 is 1.81. The number of benzene rings is 7. The molecule has 0 unspecified atom stereocenters. The maximum atomic E-state index is 6.61. The third-order valence-electron chi connectivity index (χ3n) is 9.06. The molecule has 0 fully saturated rings. The summed E-state index contributed by atoms with van der Waals surface area (Å²) in [4.78, 5) is 2.38. The minimum atomic E-state index is 0.868. The zero-order valence-corrected chi connectivity index (χ0v) is 25.4. The molecule has 216 valence electrons. The van der Waals surface area contributed by atoms with E-state index in [0.29, 0.717) is 0 Å². The van der Waals surface area contributed by atoms with Gasteiger partial charge in [0.25, 0.3) is 0 Å². The van der Waals surface area contributed by atoms with Gasteiger partial charge in [-0.3, -0.25) is 0 Å². The maximum Gasteiger partial charge on any atom is 0.144 e. The van der Waals surface area contributed by atoms with Crippen molar-refractivity contribution in [3.63, 3.8) is 0 Å². The SMILES string of the molecule is c1ccc(-c2ccc(N(c3ccc4c(c3)oc3ccccc34)c3cc4c5ccccc5oc4c4c3sc3ccccc34)cc2)cc1. The van der Waals surface area contributed by atoms with Crippen LogP contribution in [-0.4, -0.2) is 0 Å². The largest absolute Gasteiger partial charge is 0.456 e. The zero-order valence-electron chi connectivity index (χ0n) is 24.6. The summed E-state index contributed by atoms with van der Waals surface area (Å²) in [6.45, 7) is 0. The quantitative estimate of drug-likeness (QED) is 0.199. The molecule has 0 saturated carbocycles. The van der Waals surface area contributed by atoms with E-state index in [4.69, 9.17) is 8.83 Å². The van der Waals surface area contributed by atoms with Crippen LogP contribution in [0.1, 0.15) is 0 Å². The van der Waals surface area contributed by atoms with Crippen molar-refractivity contribution in [2.45, 2.75) is 0 Å². The fourth-order valence-electron chi connectivity index (χ4n) is 6.93. The first-order valence-electron chi connectivity index (χ1n) is 15.4. The molecule has 0 radical (unpaired) electrons. The van der Waals surface area contributed by atoms with Crippen molar-refractivity contribution < 1.29 is 8.83 Å². The van der Waals surface area contributed by atoms with E-state index in [9.17, 15) is 0 Å². The van der Waals surface area contributed by atoms with E-state index >= 15 is 0 Å². The molecule has 46 heavy (non-hydrogen) atoms. The lowest BCUT2D eigenvalue weighted by Crippen LogP contribution is -2.10. The fourth-order valence-corrected chi connectivity index (χ4v) is 8.13. The summed E-state index contributed by atoms with van der Waals surface area (Å²) in [6, 6.07) is 53.5. The summed E-state index contributed by atoms with van der Waals surface area (Å²) < 4.78 is 15.4. The Hall–Kier alpha value is -5.84. The predicted octanol–water partition coefficient (Wildman–Crippen LogP) is 13.0. The second-order valence-electron chi connectivity index (χ2n) is 11.7. The molecule has 0 aliphatic heterocycles. The van der Waals surface area contributed by atoms with Crippen molar-refractivity contribution in [1.82, 2.24) is 0 Å².